The lowest BCUT2D eigenvalue weighted by Crippen LogP contribution is -2.16. The van der Waals surface area contributed by atoms with Gasteiger partial charge in [-0.3, -0.25) is 4.79 Å². The number of halogens is 1. The molecule has 3 aromatic rings. The first-order valence-electron chi connectivity index (χ1n) is 11.2. The molecule has 0 unspecified atom stereocenters. The molecule has 1 aliphatic rings. The van der Waals surface area contributed by atoms with Crippen LogP contribution in [0.4, 0.5) is 9.39 Å². The number of nitrogens with one attached hydrogen (secondary N) is 1. The number of thioether (sulfide) groups is 1. The smallest absolute Gasteiger partial charge is 0.341 e. The van der Waals surface area contributed by atoms with Crippen molar-refractivity contribution in [2.75, 3.05) is 18.2 Å². The van der Waals surface area contributed by atoms with E-state index in [4.69, 9.17) is 4.74 Å². The standard InChI is InChI=1S/C24H27FN4O3S2/c1-29-19(12-15-6-4-3-5-7-15)27-28-24(29)34-14-20(30)26-22-21(23(31)32-2)18(13-33-22)16-8-10-17(25)11-9-16/h8-11,13,15H,3-7,12,14H2,1-2H3,(H,26,30). The summed E-state index contributed by atoms with van der Waals surface area (Å²) >= 11 is 2.53. The SMILES string of the molecule is COC(=O)c1c(-c2ccc(F)cc2)csc1NC(=O)CSc1nnc(CC2CCCCC2)n1C. The second-order valence-electron chi connectivity index (χ2n) is 8.35. The lowest BCUT2D eigenvalue weighted by molar-refractivity contribution is -0.113. The van der Waals surface area contributed by atoms with Crippen LogP contribution >= 0.6 is 23.1 Å². The van der Waals surface area contributed by atoms with Gasteiger partial charge in [0.25, 0.3) is 0 Å². The van der Waals surface area contributed by atoms with Crippen LogP contribution < -0.4 is 5.32 Å². The number of nitrogens with zero attached hydrogens (tertiary/aromatic N) is 3. The molecule has 34 heavy (non-hydrogen) atoms. The first-order valence-corrected chi connectivity index (χ1v) is 13.1. The van der Waals surface area contributed by atoms with E-state index in [1.165, 1.54) is 74.4 Å². The van der Waals surface area contributed by atoms with Crippen molar-refractivity contribution in [3.05, 3.63) is 46.9 Å². The van der Waals surface area contributed by atoms with E-state index in [-0.39, 0.29) is 23.0 Å². The maximum absolute atomic E-state index is 13.3. The minimum Gasteiger partial charge on any atom is -0.465 e. The first kappa shape index (κ1) is 24.4. The van der Waals surface area contributed by atoms with E-state index in [0.29, 0.717) is 27.2 Å². The molecular formula is C24H27FN4O3S2. The molecule has 7 nitrogen and oxygen atoms in total. The van der Waals surface area contributed by atoms with Gasteiger partial charge in [-0.25, -0.2) is 9.18 Å². The summed E-state index contributed by atoms with van der Waals surface area (Å²) in [4.78, 5) is 25.2. The third-order valence-electron chi connectivity index (χ3n) is 6.04. The molecule has 10 heteroatoms. The number of methoxy groups -OCH3 is 1. The van der Waals surface area contributed by atoms with Crippen LogP contribution in [0.15, 0.2) is 34.8 Å². The summed E-state index contributed by atoms with van der Waals surface area (Å²) in [6, 6.07) is 5.83. The van der Waals surface area contributed by atoms with Crippen molar-refractivity contribution in [2.45, 2.75) is 43.7 Å². The fourth-order valence-electron chi connectivity index (χ4n) is 4.19. The first-order chi connectivity index (χ1) is 16.5. The molecule has 1 aromatic carbocycles. The number of hydrogen-bond acceptors (Lipinski definition) is 7. The molecule has 0 aliphatic heterocycles. The Hall–Kier alpha value is -2.72. The van der Waals surface area contributed by atoms with Gasteiger partial charge in [-0.15, -0.1) is 21.5 Å². The minimum atomic E-state index is -0.566. The Kier molecular flexibility index (Phi) is 7.99. The van der Waals surface area contributed by atoms with Crippen molar-refractivity contribution in [1.29, 1.82) is 0 Å². The number of ether oxygens (including phenoxy) is 1. The Morgan fingerprint density at radius 3 is 2.65 bits per heavy atom. The number of amides is 1. The van der Waals surface area contributed by atoms with Crippen LogP contribution in [-0.4, -0.2) is 39.5 Å². The van der Waals surface area contributed by atoms with E-state index < -0.39 is 5.97 Å². The number of anilines is 1. The summed E-state index contributed by atoms with van der Waals surface area (Å²) in [5.74, 6) is 0.534. The summed E-state index contributed by atoms with van der Waals surface area (Å²) in [6.07, 6.45) is 7.27. The molecule has 2 heterocycles. The zero-order valence-corrected chi connectivity index (χ0v) is 20.8. The molecule has 1 amide bonds. The molecule has 180 valence electrons. The molecule has 2 aromatic heterocycles. The van der Waals surface area contributed by atoms with Gasteiger partial charge in [-0.05, 0) is 23.6 Å². The van der Waals surface area contributed by atoms with E-state index in [9.17, 15) is 14.0 Å². The normalized spacial score (nSPS) is 14.2. The average molecular weight is 503 g/mol. The lowest BCUT2D eigenvalue weighted by Gasteiger charge is -2.20. The maximum atomic E-state index is 13.3. The highest BCUT2D eigenvalue weighted by Crippen LogP contribution is 2.36. The molecular weight excluding hydrogens is 475 g/mol. The Labute approximate surface area is 206 Å². The Bertz CT molecular complexity index is 1150. The zero-order chi connectivity index (χ0) is 24.1. The van der Waals surface area contributed by atoms with Crippen LogP contribution in [0, 0.1) is 11.7 Å². The molecule has 1 aliphatic carbocycles. The lowest BCUT2D eigenvalue weighted by atomic mass is 9.87. The Morgan fingerprint density at radius 2 is 1.94 bits per heavy atom. The van der Waals surface area contributed by atoms with Crippen LogP contribution in [0.25, 0.3) is 11.1 Å². The summed E-state index contributed by atoms with van der Waals surface area (Å²) in [6.45, 7) is 0. The quantitative estimate of drug-likeness (QED) is 0.331. The van der Waals surface area contributed by atoms with Gasteiger partial charge in [0, 0.05) is 24.4 Å². The predicted molar refractivity (Wildman–Crippen MR) is 132 cm³/mol. The molecule has 0 atom stereocenters. The topological polar surface area (TPSA) is 86.1 Å². The summed E-state index contributed by atoms with van der Waals surface area (Å²) in [5, 5.41) is 14.3. The largest absolute Gasteiger partial charge is 0.465 e. The molecule has 1 fully saturated rings. The van der Waals surface area contributed by atoms with Gasteiger partial charge in [-0.1, -0.05) is 56.0 Å². The zero-order valence-electron chi connectivity index (χ0n) is 19.2. The van der Waals surface area contributed by atoms with Crippen LogP contribution in [0.1, 0.15) is 48.3 Å². The minimum absolute atomic E-state index is 0.125. The van der Waals surface area contributed by atoms with Crippen LogP contribution in [0.2, 0.25) is 0 Å². The Balaban J connectivity index is 1.41. The third kappa shape index (κ3) is 5.67. The molecule has 0 radical (unpaired) electrons. The van der Waals surface area contributed by atoms with Crippen molar-refractivity contribution in [3.63, 3.8) is 0 Å². The highest BCUT2D eigenvalue weighted by molar-refractivity contribution is 7.99. The van der Waals surface area contributed by atoms with Gasteiger partial charge in [0.05, 0.1) is 12.9 Å². The second kappa shape index (κ2) is 11.1. The van der Waals surface area contributed by atoms with Crippen molar-refractivity contribution in [3.8, 4) is 11.1 Å². The van der Waals surface area contributed by atoms with Crippen molar-refractivity contribution in [2.24, 2.45) is 13.0 Å². The van der Waals surface area contributed by atoms with E-state index in [2.05, 4.69) is 15.5 Å². The molecule has 0 bridgehead atoms. The number of carbonyl (C=O) groups is 2. The predicted octanol–water partition coefficient (Wildman–Crippen LogP) is 5.32. The summed E-state index contributed by atoms with van der Waals surface area (Å²) in [5.41, 5.74) is 1.50. The number of thiophene rings is 1. The fraction of sp³-hybridized carbons (Fsp3) is 0.417. The number of rotatable bonds is 8. The monoisotopic (exact) mass is 502 g/mol. The molecule has 4 rings (SSSR count). The average Bonchev–Trinajstić information content (AvgIpc) is 3.42. The van der Waals surface area contributed by atoms with Crippen LogP contribution in [0.3, 0.4) is 0 Å². The van der Waals surface area contributed by atoms with Crippen molar-refractivity contribution >= 4 is 40.0 Å². The molecule has 0 saturated heterocycles. The van der Waals surface area contributed by atoms with Gasteiger partial charge < -0.3 is 14.6 Å². The number of aromatic nitrogens is 3. The van der Waals surface area contributed by atoms with E-state index in [1.54, 1.807) is 17.5 Å². The highest BCUT2D eigenvalue weighted by Gasteiger charge is 2.23. The Morgan fingerprint density at radius 1 is 1.21 bits per heavy atom. The fourth-order valence-corrected chi connectivity index (χ4v) is 5.89. The van der Waals surface area contributed by atoms with Crippen LogP contribution in [-0.2, 0) is 23.0 Å². The van der Waals surface area contributed by atoms with Crippen LogP contribution in [0.5, 0.6) is 0 Å². The summed E-state index contributed by atoms with van der Waals surface area (Å²) < 4.78 is 20.2. The summed E-state index contributed by atoms with van der Waals surface area (Å²) in [7, 11) is 3.22. The third-order valence-corrected chi connectivity index (χ3v) is 7.96. The number of benzene rings is 1. The number of carbonyl (C=O) groups excluding carboxylic acids is 2. The molecule has 1 N–H and O–H groups in total. The molecule has 1 saturated carbocycles. The molecule has 0 spiro atoms. The van der Waals surface area contributed by atoms with Gasteiger partial charge >= 0.3 is 5.97 Å². The van der Waals surface area contributed by atoms with Gasteiger partial charge in [0.15, 0.2) is 5.16 Å². The maximum Gasteiger partial charge on any atom is 0.341 e. The van der Waals surface area contributed by atoms with Gasteiger partial charge in [0.2, 0.25) is 5.91 Å². The van der Waals surface area contributed by atoms with Crippen molar-refractivity contribution in [1.82, 2.24) is 14.8 Å². The number of esters is 1. The van der Waals surface area contributed by atoms with Crippen molar-refractivity contribution < 1.29 is 18.7 Å². The van der Waals surface area contributed by atoms with E-state index >= 15 is 0 Å². The van der Waals surface area contributed by atoms with Gasteiger partial charge in [0.1, 0.15) is 22.2 Å². The highest BCUT2D eigenvalue weighted by atomic mass is 32.2. The second-order valence-corrected chi connectivity index (χ2v) is 10.2. The van der Waals surface area contributed by atoms with E-state index in [1.807, 2.05) is 11.6 Å². The van der Waals surface area contributed by atoms with E-state index in [0.717, 1.165) is 12.2 Å². The number of hydrogen-bond donors (Lipinski definition) is 1. The van der Waals surface area contributed by atoms with Gasteiger partial charge in [-0.2, -0.15) is 0 Å².